The number of hydrogen-bond donors (Lipinski definition) is 0. The highest BCUT2D eigenvalue weighted by Gasteiger charge is 2.17. The molecule has 0 aliphatic carbocycles. The van der Waals surface area contributed by atoms with Crippen molar-refractivity contribution in [3.05, 3.63) is 12.3 Å². The molecule has 0 radical (unpaired) electrons. The molecule has 11 heavy (non-hydrogen) atoms. The topological polar surface area (TPSA) is 44.2 Å². The maximum Gasteiger partial charge on any atom is 0.276 e. The third kappa shape index (κ3) is 1.11. The van der Waals surface area contributed by atoms with Crippen LogP contribution in [0.2, 0.25) is 0 Å². The molecule has 0 fully saturated rings. The molecule has 0 saturated heterocycles. The summed E-state index contributed by atoms with van der Waals surface area (Å²) in [6, 6.07) is 1.74. The molecule has 0 aromatic carbocycles. The van der Waals surface area contributed by atoms with Gasteiger partial charge in [0.05, 0.1) is 6.20 Å². The van der Waals surface area contributed by atoms with E-state index in [9.17, 15) is 0 Å². The summed E-state index contributed by atoms with van der Waals surface area (Å²) in [5.41, 5.74) is 0. The molecule has 1 aliphatic heterocycles. The summed E-state index contributed by atoms with van der Waals surface area (Å²) in [4.78, 5) is 0. The van der Waals surface area contributed by atoms with E-state index >= 15 is 0 Å². The molecular formula is C7H8N2O2. The molecule has 1 aliphatic rings. The maximum atomic E-state index is 5.33. The summed E-state index contributed by atoms with van der Waals surface area (Å²) in [6.07, 6.45) is 1.65. The summed E-state index contributed by atoms with van der Waals surface area (Å²) in [6.45, 7) is 2.51. The van der Waals surface area contributed by atoms with E-state index in [2.05, 4.69) is 10.2 Å². The highest BCUT2D eigenvalue weighted by molar-refractivity contribution is 5.31. The highest BCUT2D eigenvalue weighted by Crippen LogP contribution is 2.26. The van der Waals surface area contributed by atoms with Crippen molar-refractivity contribution in [2.45, 2.75) is 13.0 Å². The van der Waals surface area contributed by atoms with Gasteiger partial charge in [0.2, 0.25) is 0 Å². The number of ether oxygens (including phenoxy) is 2. The Kier molecular flexibility index (Phi) is 1.38. The van der Waals surface area contributed by atoms with Gasteiger partial charge in [0.25, 0.3) is 5.88 Å². The van der Waals surface area contributed by atoms with Crippen LogP contribution in [-0.4, -0.2) is 22.9 Å². The molecule has 0 saturated carbocycles. The summed E-state index contributed by atoms with van der Waals surface area (Å²) >= 11 is 0. The van der Waals surface area contributed by atoms with E-state index in [1.807, 2.05) is 6.92 Å². The number of fused-ring (bicyclic) bond motifs is 1. The van der Waals surface area contributed by atoms with Crippen LogP contribution < -0.4 is 9.47 Å². The van der Waals surface area contributed by atoms with Crippen molar-refractivity contribution in [2.24, 2.45) is 0 Å². The van der Waals surface area contributed by atoms with Crippen molar-refractivity contribution in [1.29, 1.82) is 0 Å². The van der Waals surface area contributed by atoms with Crippen LogP contribution in [0.5, 0.6) is 11.6 Å². The molecule has 0 unspecified atom stereocenters. The maximum absolute atomic E-state index is 5.33. The first-order valence-corrected chi connectivity index (χ1v) is 3.47. The third-order valence-electron chi connectivity index (χ3n) is 1.44. The summed E-state index contributed by atoms with van der Waals surface area (Å²) < 4.78 is 10.6. The summed E-state index contributed by atoms with van der Waals surface area (Å²) in [7, 11) is 0. The van der Waals surface area contributed by atoms with Crippen molar-refractivity contribution in [2.75, 3.05) is 6.61 Å². The average Bonchev–Trinajstić information content (AvgIpc) is 2.04. The number of aromatic nitrogens is 2. The minimum atomic E-state index is 0.0687. The molecule has 1 atom stereocenters. The lowest BCUT2D eigenvalue weighted by Gasteiger charge is -2.21. The SMILES string of the molecule is C[C@H]1COc2ccnnc2O1. The fraction of sp³-hybridized carbons (Fsp3) is 0.429. The zero-order chi connectivity index (χ0) is 7.68. The molecule has 4 nitrogen and oxygen atoms in total. The molecule has 58 valence electrons. The average molecular weight is 152 g/mol. The van der Waals surface area contributed by atoms with Crippen molar-refractivity contribution in [3.63, 3.8) is 0 Å². The zero-order valence-electron chi connectivity index (χ0n) is 6.15. The zero-order valence-corrected chi connectivity index (χ0v) is 6.15. The first-order chi connectivity index (χ1) is 5.36. The van der Waals surface area contributed by atoms with E-state index < -0.39 is 0 Å². The molecule has 0 spiro atoms. The van der Waals surface area contributed by atoms with Crippen LogP contribution in [0.3, 0.4) is 0 Å². The molecular weight excluding hydrogens is 144 g/mol. The second-order valence-electron chi connectivity index (χ2n) is 2.44. The van der Waals surface area contributed by atoms with Gasteiger partial charge in [-0.05, 0) is 6.92 Å². The van der Waals surface area contributed by atoms with Gasteiger partial charge in [-0.1, -0.05) is 0 Å². The fourth-order valence-electron chi connectivity index (χ4n) is 0.931. The Labute approximate surface area is 64.2 Å². The lowest BCUT2D eigenvalue weighted by molar-refractivity contribution is 0.0961. The molecule has 4 heteroatoms. The minimum absolute atomic E-state index is 0.0687. The van der Waals surface area contributed by atoms with Crippen LogP contribution >= 0.6 is 0 Å². The standard InChI is InChI=1S/C7H8N2O2/c1-5-4-10-6-2-3-8-9-7(6)11-5/h2-3,5H,4H2,1H3/t5-/m0/s1. The highest BCUT2D eigenvalue weighted by atomic mass is 16.6. The van der Waals surface area contributed by atoms with E-state index in [0.717, 1.165) is 0 Å². The molecule has 1 aromatic heterocycles. The number of rotatable bonds is 0. The van der Waals surface area contributed by atoms with Crippen LogP contribution in [0.1, 0.15) is 6.92 Å². The summed E-state index contributed by atoms with van der Waals surface area (Å²) in [5, 5.41) is 7.45. The van der Waals surface area contributed by atoms with Gasteiger partial charge in [-0.2, -0.15) is 5.10 Å². The van der Waals surface area contributed by atoms with Crippen molar-refractivity contribution in [1.82, 2.24) is 10.2 Å². The van der Waals surface area contributed by atoms with Gasteiger partial charge >= 0.3 is 0 Å². The molecule has 0 amide bonds. The Balaban J connectivity index is 2.34. The van der Waals surface area contributed by atoms with Crippen LogP contribution in [0.15, 0.2) is 12.3 Å². The van der Waals surface area contributed by atoms with Crippen molar-refractivity contribution < 1.29 is 9.47 Å². The third-order valence-corrected chi connectivity index (χ3v) is 1.44. The molecule has 0 bridgehead atoms. The Morgan fingerprint density at radius 1 is 1.64 bits per heavy atom. The van der Waals surface area contributed by atoms with Gasteiger partial charge in [0.1, 0.15) is 12.7 Å². The number of hydrogen-bond acceptors (Lipinski definition) is 4. The Bertz CT molecular complexity index is 264. The molecule has 2 heterocycles. The van der Waals surface area contributed by atoms with E-state index in [1.165, 1.54) is 0 Å². The quantitative estimate of drug-likeness (QED) is 0.547. The van der Waals surface area contributed by atoms with Crippen LogP contribution in [0.25, 0.3) is 0 Å². The lowest BCUT2D eigenvalue weighted by atomic mass is 10.4. The van der Waals surface area contributed by atoms with Gasteiger partial charge in [0, 0.05) is 6.07 Å². The molecule has 1 aromatic rings. The smallest absolute Gasteiger partial charge is 0.276 e. The molecule has 2 rings (SSSR count). The Hall–Kier alpha value is -1.32. The van der Waals surface area contributed by atoms with Gasteiger partial charge in [-0.25, -0.2) is 0 Å². The van der Waals surface area contributed by atoms with Gasteiger partial charge in [-0.15, -0.1) is 5.10 Å². The summed E-state index contributed by atoms with van der Waals surface area (Å²) in [5.74, 6) is 1.17. The molecule has 0 N–H and O–H groups in total. The first kappa shape index (κ1) is 6.39. The largest absolute Gasteiger partial charge is 0.484 e. The van der Waals surface area contributed by atoms with E-state index in [4.69, 9.17) is 9.47 Å². The van der Waals surface area contributed by atoms with Crippen LogP contribution in [0.4, 0.5) is 0 Å². The second-order valence-corrected chi connectivity index (χ2v) is 2.44. The predicted molar refractivity (Wildman–Crippen MR) is 37.6 cm³/mol. The first-order valence-electron chi connectivity index (χ1n) is 3.47. The minimum Gasteiger partial charge on any atom is -0.484 e. The van der Waals surface area contributed by atoms with E-state index in [1.54, 1.807) is 12.3 Å². The van der Waals surface area contributed by atoms with E-state index in [0.29, 0.717) is 18.2 Å². The Morgan fingerprint density at radius 2 is 2.55 bits per heavy atom. The van der Waals surface area contributed by atoms with Crippen molar-refractivity contribution >= 4 is 0 Å². The second kappa shape index (κ2) is 2.38. The monoisotopic (exact) mass is 152 g/mol. The fourth-order valence-corrected chi connectivity index (χ4v) is 0.931. The predicted octanol–water partition coefficient (Wildman–Crippen LogP) is 0.636. The normalized spacial score (nSPS) is 21.4. The van der Waals surface area contributed by atoms with Crippen LogP contribution in [0, 0.1) is 0 Å². The Morgan fingerprint density at radius 3 is 3.45 bits per heavy atom. The number of nitrogens with zero attached hydrogens (tertiary/aromatic N) is 2. The van der Waals surface area contributed by atoms with Crippen LogP contribution in [-0.2, 0) is 0 Å². The van der Waals surface area contributed by atoms with E-state index in [-0.39, 0.29) is 6.10 Å². The van der Waals surface area contributed by atoms with Gasteiger partial charge in [0.15, 0.2) is 5.75 Å². The lowest BCUT2D eigenvalue weighted by Crippen LogP contribution is -2.26. The van der Waals surface area contributed by atoms with Gasteiger partial charge < -0.3 is 9.47 Å². The van der Waals surface area contributed by atoms with Crippen molar-refractivity contribution in [3.8, 4) is 11.6 Å². The van der Waals surface area contributed by atoms with Gasteiger partial charge in [-0.3, -0.25) is 0 Å².